The largest absolute Gasteiger partial charge is 0.463 e. The number of nitrogens with zero attached hydrogens (tertiary/aromatic N) is 1. The van der Waals surface area contributed by atoms with Crippen LogP contribution in [0, 0.1) is 12.7 Å². The molecule has 6 nitrogen and oxygen atoms in total. The zero-order chi connectivity index (χ0) is 22.4. The molecule has 0 bridgehead atoms. The molecule has 31 heavy (non-hydrogen) atoms. The molecule has 0 atom stereocenters. The van der Waals surface area contributed by atoms with Gasteiger partial charge in [0, 0.05) is 5.69 Å². The van der Waals surface area contributed by atoms with Crippen LogP contribution in [0.15, 0.2) is 53.3 Å². The fourth-order valence-electron chi connectivity index (χ4n) is 2.80. The molecule has 1 amide bonds. The summed E-state index contributed by atoms with van der Waals surface area (Å²) in [6, 6.07) is 13.1. The third kappa shape index (κ3) is 5.99. The second-order valence-corrected chi connectivity index (χ2v) is 7.77. The highest BCUT2D eigenvalue weighted by atomic mass is 32.1. The third-order valence-electron chi connectivity index (χ3n) is 4.25. The Balaban J connectivity index is 1.99. The molecule has 1 aromatic heterocycles. The number of esters is 1. The van der Waals surface area contributed by atoms with Gasteiger partial charge in [0.2, 0.25) is 5.91 Å². The molecule has 8 heteroatoms. The number of ether oxygens (including phenoxy) is 1. The zero-order valence-electron chi connectivity index (χ0n) is 17.1. The normalized spacial score (nSPS) is 12.1. The van der Waals surface area contributed by atoms with Crippen LogP contribution in [0.25, 0.3) is 12.2 Å². The third-order valence-corrected chi connectivity index (χ3v) is 5.31. The quantitative estimate of drug-likeness (QED) is 0.596. The highest BCUT2D eigenvalue weighted by molar-refractivity contribution is 7.07. The molecule has 0 saturated carbocycles. The number of aryl methyl sites for hydroxylation is 1. The van der Waals surface area contributed by atoms with Gasteiger partial charge >= 0.3 is 5.97 Å². The van der Waals surface area contributed by atoms with Crippen LogP contribution < -0.4 is 20.1 Å². The average molecular weight is 440 g/mol. The number of anilines is 1. The lowest BCUT2D eigenvalue weighted by atomic mass is 10.1. The molecular weight excluding hydrogens is 419 g/mol. The van der Waals surface area contributed by atoms with Crippen molar-refractivity contribution < 1.29 is 18.7 Å². The van der Waals surface area contributed by atoms with Crippen molar-refractivity contribution in [3.8, 4) is 0 Å². The number of thiazole rings is 1. The summed E-state index contributed by atoms with van der Waals surface area (Å²) in [4.78, 5) is 37.4. The maximum atomic E-state index is 13.4. The molecule has 3 rings (SSSR count). The minimum absolute atomic E-state index is 0.188. The molecule has 0 unspecified atom stereocenters. The monoisotopic (exact) mass is 440 g/mol. The van der Waals surface area contributed by atoms with Crippen molar-refractivity contribution in [2.24, 2.45) is 0 Å². The highest BCUT2D eigenvalue weighted by Crippen LogP contribution is 2.09. The lowest BCUT2D eigenvalue weighted by Crippen LogP contribution is -2.36. The summed E-state index contributed by atoms with van der Waals surface area (Å²) in [5.74, 6) is -1.62. The SMILES string of the molecule is CCOC(=O)/C=c1\s/c(=C\c2ccc(C)cc2)c(=O)n1CC(=O)Nc1cccc(F)c1. The summed E-state index contributed by atoms with van der Waals surface area (Å²) in [5, 5.41) is 2.56. The highest BCUT2D eigenvalue weighted by Gasteiger charge is 2.12. The van der Waals surface area contributed by atoms with E-state index in [4.69, 9.17) is 4.74 Å². The van der Waals surface area contributed by atoms with Crippen LogP contribution in [-0.4, -0.2) is 23.1 Å². The first-order valence-electron chi connectivity index (χ1n) is 9.57. The first-order valence-corrected chi connectivity index (χ1v) is 10.4. The maximum absolute atomic E-state index is 13.4. The fraction of sp³-hybridized carbons (Fsp3) is 0.174. The standard InChI is InChI=1S/C23H21FN2O4S/c1-3-30-22(28)13-21-26(14-20(27)25-18-6-4-5-17(24)12-18)23(29)19(31-21)11-16-9-7-15(2)8-10-16/h4-13H,3,14H2,1-2H3,(H,25,27)/b19-11-,21-13-. The van der Waals surface area contributed by atoms with E-state index in [0.717, 1.165) is 22.5 Å². The average Bonchev–Trinajstić information content (AvgIpc) is 2.98. The van der Waals surface area contributed by atoms with E-state index in [-0.39, 0.29) is 23.5 Å². The summed E-state index contributed by atoms with van der Waals surface area (Å²) < 4.78 is 20.2. The Kier molecular flexibility index (Phi) is 7.15. The zero-order valence-corrected chi connectivity index (χ0v) is 17.9. The maximum Gasteiger partial charge on any atom is 0.333 e. The predicted octanol–water partition coefficient (Wildman–Crippen LogP) is 2.17. The Morgan fingerprint density at radius 1 is 1.19 bits per heavy atom. The van der Waals surface area contributed by atoms with Crippen molar-refractivity contribution in [3.63, 3.8) is 0 Å². The van der Waals surface area contributed by atoms with Crippen LogP contribution in [-0.2, 0) is 20.9 Å². The van der Waals surface area contributed by atoms with E-state index in [9.17, 15) is 18.8 Å². The number of carbonyl (C=O) groups is 2. The number of amides is 1. The Morgan fingerprint density at radius 2 is 1.94 bits per heavy atom. The van der Waals surface area contributed by atoms with Crippen LogP contribution in [0.5, 0.6) is 0 Å². The molecule has 0 spiro atoms. The molecule has 0 radical (unpaired) electrons. The van der Waals surface area contributed by atoms with Crippen molar-refractivity contribution in [2.75, 3.05) is 11.9 Å². The van der Waals surface area contributed by atoms with Gasteiger partial charge in [-0.05, 0) is 43.7 Å². The number of hydrogen-bond acceptors (Lipinski definition) is 5. The summed E-state index contributed by atoms with van der Waals surface area (Å²) in [6.45, 7) is 3.49. The smallest absolute Gasteiger partial charge is 0.333 e. The molecule has 1 heterocycles. The molecule has 160 valence electrons. The van der Waals surface area contributed by atoms with E-state index in [1.165, 1.54) is 28.8 Å². The Hall–Kier alpha value is -3.52. The van der Waals surface area contributed by atoms with Crippen LogP contribution in [0.4, 0.5) is 10.1 Å². The summed E-state index contributed by atoms with van der Waals surface area (Å²) in [7, 11) is 0. The molecule has 0 fully saturated rings. The van der Waals surface area contributed by atoms with Crippen molar-refractivity contribution in [1.82, 2.24) is 4.57 Å². The van der Waals surface area contributed by atoms with Crippen molar-refractivity contribution in [3.05, 3.63) is 85.0 Å². The molecule has 0 aliphatic rings. The number of benzene rings is 2. The first kappa shape index (κ1) is 22.2. The summed E-state index contributed by atoms with van der Waals surface area (Å²) >= 11 is 1.09. The molecule has 1 N–H and O–H groups in total. The predicted molar refractivity (Wildman–Crippen MR) is 119 cm³/mol. The van der Waals surface area contributed by atoms with Crippen LogP contribution in [0.1, 0.15) is 18.1 Å². The molecule has 0 aliphatic carbocycles. The van der Waals surface area contributed by atoms with Gasteiger partial charge in [-0.3, -0.25) is 14.2 Å². The second-order valence-electron chi connectivity index (χ2n) is 6.71. The van der Waals surface area contributed by atoms with Gasteiger partial charge in [0.05, 0.1) is 17.2 Å². The van der Waals surface area contributed by atoms with Crippen LogP contribution in [0.2, 0.25) is 0 Å². The number of hydrogen-bond donors (Lipinski definition) is 1. The second kappa shape index (κ2) is 9.99. The van der Waals surface area contributed by atoms with E-state index in [1.807, 2.05) is 31.2 Å². The van der Waals surface area contributed by atoms with E-state index < -0.39 is 23.3 Å². The van der Waals surface area contributed by atoms with Crippen molar-refractivity contribution in [2.45, 2.75) is 20.4 Å². The minimum atomic E-state index is -0.607. The lowest BCUT2D eigenvalue weighted by molar-refractivity contribution is -0.135. The minimum Gasteiger partial charge on any atom is -0.463 e. The van der Waals surface area contributed by atoms with Gasteiger partial charge in [0.1, 0.15) is 17.0 Å². The summed E-state index contributed by atoms with van der Waals surface area (Å²) in [5.41, 5.74) is 1.78. The van der Waals surface area contributed by atoms with E-state index in [1.54, 1.807) is 19.1 Å². The molecular formula is C23H21FN2O4S. The fourth-order valence-corrected chi connectivity index (χ4v) is 3.83. The topological polar surface area (TPSA) is 77.4 Å². The Labute approximate surface area is 181 Å². The number of carbonyl (C=O) groups excluding carboxylic acids is 2. The van der Waals surface area contributed by atoms with E-state index in [2.05, 4.69) is 5.32 Å². The molecule has 0 saturated heterocycles. The number of aromatic nitrogens is 1. The van der Waals surface area contributed by atoms with Gasteiger partial charge in [-0.2, -0.15) is 0 Å². The Morgan fingerprint density at radius 3 is 2.61 bits per heavy atom. The lowest BCUT2D eigenvalue weighted by Gasteiger charge is -2.06. The summed E-state index contributed by atoms with van der Waals surface area (Å²) in [6.07, 6.45) is 2.90. The molecule has 0 aliphatic heterocycles. The van der Waals surface area contributed by atoms with Gasteiger partial charge < -0.3 is 10.1 Å². The van der Waals surface area contributed by atoms with Crippen molar-refractivity contribution >= 4 is 41.1 Å². The van der Waals surface area contributed by atoms with Crippen LogP contribution >= 0.6 is 11.3 Å². The molecule has 3 aromatic rings. The number of nitrogens with one attached hydrogen (secondary N) is 1. The number of halogens is 1. The van der Waals surface area contributed by atoms with Crippen molar-refractivity contribution in [1.29, 1.82) is 0 Å². The Bertz CT molecular complexity index is 1280. The van der Waals surface area contributed by atoms with E-state index >= 15 is 0 Å². The van der Waals surface area contributed by atoms with Crippen LogP contribution in [0.3, 0.4) is 0 Å². The van der Waals surface area contributed by atoms with Gasteiger partial charge in [-0.25, -0.2) is 9.18 Å². The van der Waals surface area contributed by atoms with Gasteiger partial charge in [0.15, 0.2) is 0 Å². The van der Waals surface area contributed by atoms with Gasteiger partial charge in [0.25, 0.3) is 5.56 Å². The van der Waals surface area contributed by atoms with Gasteiger partial charge in [-0.15, -0.1) is 11.3 Å². The molecule has 2 aromatic carbocycles. The number of rotatable bonds is 6. The first-order chi connectivity index (χ1) is 14.9. The van der Waals surface area contributed by atoms with E-state index in [0.29, 0.717) is 4.53 Å². The van der Waals surface area contributed by atoms with Gasteiger partial charge in [-0.1, -0.05) is 35.9 Å².